The fourth-order valence-electron chi connectivity index (χ4n) is 3.24. The molecule has 4 heterocycles. The molecule has 0 amide bonds. The van der Waals surface area contributed by atoms with Crippen molar-refractivity contribution in [1.29, 1.82) is 0 Å². The van der Waals surface area contributed by atoms with Gasteiger partial charge in [0, 0.05) is 19.4 Å². The SMILES string of the molecule is CCS(=O)(=O)c1c(-c2nc3cc(C(F)(F)F)cnc3n2C)nn2ccc(C(F)(F)F)cc12. The number of alkyl halides is 6. The Bertz CT molecular complexity index is 1470. The average Bonchev–Trinajstić information content (AvgIpc) is 3.24. The molecule has 0 atom stereocenters. The number of pyridine rings is 2. The van der Waals surface area contributed by atoms with Gasteiger partial charge in [0.25, 0.3) is 0 Å². The molecule has 0 bridgehead atoms. The van der Waals surface area contributed by atoms with Crippen molar-refractivity contribution in [2.24, 2.45) is 7.05 Å². The first-order chi connectivity index (χ1) is 14.7. The smallest absolute Gasteiger partial charge is 0.310 e. The molecule has 170 valence electrons. The van der Waals surface area contributed by atoms with Crippen LogP contribution in [0.3, 0.4) is 0 Å². The maximum Gasteiger partial charge on any atom is 0.417 e. The van der Waals surface area contributed by atoms with Crippen LogP contribution in [0.1, 0.15) is 18.1 Å². The van der Waals surface area contributed by atoms with Gasteiger partial charge in [-0.15, -0.1) is 0 Å². The molecule has 0 N–H and O–H groups in total. The molecule has 0 spiro atoms. The van der Waals surface area contributed by atoms with Crippen LogP contribution in [0.15, 0.2) is 35.5 Å². The molecule has 4 aromatic rings. The Morgan fingerprint density at radius 3 is 2.28 bits per heavy atom. The highest BCUT2D eigenvalue weighted by molar-refractivity contribution is 7.91. The highest BCUT2D eigenvalue weighted by Crippen LogP contribution is 2.36. The Morgan fingerprint density at radius 2 is 1.69 bits per heavy atom. The zero-order valence-corrected chi connectivity index (χ0v) is 17.1. The normalized spacial score (nSPS) is 13.4. The summed E-state index contributed by atoms with van der Waals surface area (Å²) in [5, 5.41) is 4.08. The first-order valence-electron chi connectivity index (χ1n) is 8.96. The van der Waals surface area contributed by atoms with Gasteiger partial charge in [-0.25, -0.2) is 22.9 Å². The molecule has 0 aliphatic carbocycles. The number of fused-ring (bicyclic) bond motifs is 2. The van der Waals surface area contributed by atoms with Crippen molar-refractivity contribution in [2.75, 3.05) is 5.75 Å². The van der Waals surface area contributed by atoms with E-state index < -0.39 is 44.0 Å². The molecule has 7 nitrogen and oxygen atoms in total. The number of hydrogen-bond acceptors (Lipinski definition) is 5. The summed E-state index contributed by atoms with van der Waals surface area (Å²) in [6.07, 6.45) is -7.84. The first-order valence-corrected chi connectivity index (χ1v) is 10.6. The molecule has 14 heteroatoms. The van der Waals surface area contributed by atoms with E-state index in [1.54, 1.807) is 0 Å². The van der Waals surface area contributed by atoms with Gasteiger partial charge in [-0.3, -0.25) is 0 Å². The highest BCUT2D eigenvalue weighted by Gasteiger charge is 2.35. The predicted molar refractivity (Wildman–Crippen MR) is 100 cm³/mol. The molecule has 0 aromatic carbocycles. The van der Waals surface area contributed by atoms with Gasteiger partial charge in [0.05, 0.1) is 22.4 Å². The molecule has 0 radical (unpaired) electrons. The quantitative estimate of drug-likeness (QED) is 0.415. The average molecular weight is 477 g/mol. The fourth-order valence-corrected chi connectivity index (χ4v) is 4.43. The van der Waals surface area contributed by atoms with Crippen molar-refractivity contribution in [3.63, 3.8) is 0 Å². The predicted octanol–water partition coefficient (Wildman–Crippen LogP) is 4.11. The lowest BCUT2D eigenvalue weighted by atomic mass is 10.2. The third kappa shape index (κ3) is 3.47. The van der Waals surface area contributed by atoms with E-state index in [0.29, 0.717) is 12.3 Å². The van der Waals surface area contributed by atoms with E-state index in [0.717, 1.165) is 22.8 Å². The molecule has 0 fully saturated rings. The maximum absolute atomic E-state index is 13.2. The Kier molecular flexibility index (Phi) is 4.77. The van der Waals surface area contributed by atoms with E-state index >= 15 is 0 Å². The van der Waals surface area contributed by atoms with Crippen LogP contribution in [0.5, 0.6) is 0 Å². The Balaban J connectivity index is 2.05. The van der Waals surface area contributed by atoms with Crippen LogP contribution in [0.2, 0.25) is 0 Å². The summed E-state index contributed by atoms with van der Waals surface area (Å²) < 4.78 is 106. The molecule has 4 aromatic heterocycles. The zero-order valence-electron chi connectivity index (χ0n) is 16.3. The number of imidazole rings is 1. The van der Waals surface area contributed by atoms with Crippen LogP contribution < -0.4 is 0 Å². The van der Waals surface area contributed by atoms with Gasteiger partial charge >= 0.3 is 12.4 Å². The van der Waals surface area contributed by atoms with Crippen molar-refractivity contribution in [1.82, 2.24) is 24.1 Å². The number of rotatable bonds is 3. The Hall–Kier alpha value is -3.16. The summed E-state index contributed by atoms with van der Waals surface area (Å²) in [6.45, 7) is 1.31. The van der Waals surface area contributed by atoms with Crippen molar-refractivity contribution in [3.8, 4) is 11.5 Å². The van der Waals surface area contributed by atoms with Crippen LogP contribution >= 0.6 is 0 Å². The van der Waals surface area contributed by atoms with Gasteiger partial charge in [-0.2, -0.15) is 31.4 Å². The van der Waals surface area contributed by atoms with Gasteiger partial charge in [-0.1, -0.05) is 6.92 Å². The summed E-state index contributed by atoms with van der Waals surface area (Å²) >= 11 is 0. The van der Waals surface area contributed by atoms with Gasteiger partial charge in [0.1, 0.15) is 16.1 Å². The van der Waals surface area contributed by atoms with Crippen LogP contribution in [0.25, 0.3) is 28.2 Å². The number of nitrogens with zero attached hydrogens (tertiary/aromatic N) is 5. The highest BCUT2D eigenvalue weighted by atomic mass is 32.2. The number of halogens is 6. The third-order valence-electron chi connectivity index (χ3n) is 4.86. The van der Waals surface area contributed by atoms with Crippen LogP contribution in [-0.2, 0) is 29.2 Å². The number of aryl methyl sites for hydroxylation is 1. The monoisotopic (exact) mass is 477 g/mol. The van der Waals surface area contributed by atoms with Crippen molar-refractivity contribution in [3.05, 3.63) is 41.7 Å². The van der Waals surface area contributed by atoms with Crippen LogP contribution in [0, 0.1) is 0 Å². The lowest BCUT2D eigenvalue weighted by molar-refractivity contribution is -0.138. The summed E-state index contributed by atoms with van der Waals surface area (Å²) in [7, 11) is -2.73. The summed E-state index contributed by atoms with van der Waals surface area (Å²) in [6, 6.07) is 2.14. The molecule has 4 rings (SSSR count). The molecule has 0 saturated heterocycles. The molecular weight excluding hydrogens is 464 g/mol. The zero-order chi connectivity index (χ0) is 23.6. The summed E-state index contributed by atoms with van der Waals surface area (Å²) in [4.78, 5) is 7.32. The summed E-state index contributed by atoms with van der Waals surface area (Å²) in [5.41, 5.74) is -2.91. The second-order valence-corrected chi connectivity index (χ2v) is 9.10. The van der Waals surface area contributed by atoms with E-state index in [9.17, 15) is 34.8 Å². The molecule has 0 unspecified atom stereocenters. The van der Waals surface area contributed by atoms with Gasteiger partial charge in [-0.05, 0) is 18.2 Å². The minimum absolute atomic E-state index is 0.0147. The largest absolute Gasteiger partial charge is 0.417 e. The number of aromatic nitrogens is 5. The van der Waals surface area contributed by atoms with E-state index in [1.807, 2.05) is 0 Å². The molecule has 32 heavy (non-hydrogen) atoms. The summed E-state index contributed by atoms with van der Waals surface area (Å²) in [5.74, 6) is -0.603. The first kappa shape index (κ1) is 22.0. The fraction of sp³-hybridized carbons (Fsp3) is 0.278. The standard InChI is InChI=1S/C18H13F6N5O2S/c1-3-32(30,31)14-12-7-9(17(19,20)21)4-5-29(12)27-13(14)16-26-11-6-10(18(22,23)24)8-25-15(11)28(16)2/h4-8H,3H2,1-2H3. The number of hydrogen-bond donors (Lipinski definition) is 0. The van der Waals surface area contributed by atoms with Gasteiger partial charge in [0.2, 0.25) is 0 Å². The lowest BCUT2D eigenvalue weighted by Gasteiger charge is -2.07. The topological polar surface area (TPSA) is 82.1 Å². The van der Waals surface area contributed by atoms with Crippen LogP contribution in [-0.4, -0.2) is 38.3 Å². The van der Waals surface area contributed by atoms with Crippen molar-refractivity contribution >= 4 is 26.5 Å². The van der Waals surface area contributed by atoms with E-state index in [-0.39, 0.29) is 28.2 Å². The molecular formula is C18H13F6N5O2S. The second-order valence-electron chi connectivity index (χ2n) is 6.88. The molecule has 0 aliphatic rings. The number of sulfone groups is 1. The van der Waals surface area contributed by atoms with Crippen molar-refractivity contribution in [2.45, 2.75) is 24.2 Å². The van der Waals surface area contributed by atoms with Crippen LogP contribution in [0.4, 0.5) is 26.3 Å². The molecule has 0 aliphatic heterocycles. The third-order valence-corrected chi connectivity index (χ3v) is 6.64. The van der Waals surface area contributed by atoms with E-state index in [2.05, 4.69) is 15.1 Å². The minimum atomic E-state index is -4.73. The van der Waals surface area contributed by atoms with E-state index in [1.165, 1.54) is 18.5 Å². The minimum Gasteiger partial charge on any atom is -0.310 e. The van der Waals surface area contributed by atoms with Gasteiger partial charge < -0.3 is 4.57 Å². The van der Waals surface area contributed by atoms with E-state index in [4.69, 9.17) is 0 Å². The second kappa shape index (κ2) is 6.92. The Morgan fingerprint density at radius 1 is 1.03 bits per heavy atom. The lowest BCUT2D eigenvalue weighted by Crippen LogP contribution is -2.08. The Labute approximate surface area is 176 Å². The van der Waals surface area contributed by atoms with Gasteiger partial charge in [0.15, 0.2) is 21.3 Å². The van der Waals surface area contributed by atoms with Crippen molar-refractivity contribution < 1.29 is 34.8 Å². The maximum atomic E-state index is 13.2. The molecule has 0 saturated carbocycles.